The van der Waals surface area contributed by atoms with E-state index in [1.165, 1.54) is 24.9 Å². The molecule has 0 aliphatic heterocycles. The quantitative estimate of drug-likeness (QED) is 0.692. The van der Waals surface area contributed by atoms with Crippen molar-refractivity contribution in [3.8, 4) is 0 Å². The summed E-state index contributed by atoms with van der Waals surface area (Å²) in [6.45, 7) is 8.98. The van der Waals surface area contributed by atoms with Crippen LogP contribution in [0.1, 0.15) is 32.3 Å². The molecule has 0 spiro atoms. The van der Waals surface area contributed by atoms with Gasteiger partial charge in [0.25, 0.3) is 0 Å². The molecule has 1 aromatic rings. The van der Waals surface area contributed by atoms with E-state index in [0.717, 1.165) is 30.0 Å². The number of hydrogen-bond acceptors (Lipinski definition) is 2. The van der Waals surface area contributed by atoms with Gasteiger partial charge in [-0.05, 0) is 63.1 Å². The first-order chi connectivity index (χ1) is 9.08. The van der Waals surface area contributed by atoms with Gasteiger partial charge < -0.3 is 10.2 Å². The smallest absolute Gasteiger partial charge is 0.0230 e. The molecule has 2 nitrogen and oxygen atoms in total. The van der Waals surface area contributed by atoms with Crippen molar-refractivity contribution in [3.05, 3.63) is 34.3 Å². The topological polar surface area (TPSA) is 15.3 Å². The Morgan fingerprint density at radius 2 is 1.84 bits per heavy atom. The maximum Gasteiger partial charge on any atom is 0.0230 e. The number of nitrogens with one attached hydrogen (secondary N) is 1. The summed E-state index contributed by atoms with van der Waals surface area (Å²) < 4.78 is 1.15. The van der Waals surface area contributed by atoms with E-state index in [1.54, 1.807) is 0 Å². The van der Waals surface area contributed by atoms with Gasteiger partial charge in [0.1, 0.15) is 0 Å². The van der Waals surface area contributed by atoms with Crippen LogP contribution in [0.3, 0.4) is 0 Å². The lowest BCUT2D eigenvalue weighted by molar-refractivity contribution is 0.317. The molecular weight excluding hydrogens is 300 g/mol. The molecule has 0 fully saturated rings. The number of benzene rings is 1. The van der Waals surface area contributed by atoms with E-state index in [4.69, 9.17) is 0 Å². The molecule has 0 atom stereocenters. The van der Waals surface area contributed by atoms with Crippen LogP contribution in [0.2, 0.25) is 0 Å². The van der Waals surface area contributed by atoms with Gasteiger partial charge in [0, 0.05) is 11.0 Å². The standard InChI is InChI=1S/C16H27BrN2/c1-14(2)12-18-10-4-5-11-19(3)13-15-6-8-16(17)9-7-15/h6-9,14,18H,4-5,10-13H2,1-3H3. The average Bonchev–Trinajstić information content (AvgIpc) is 2.36. The van der Waals surface area contributed by atoms with Crippen LogP contribution in [0.4, 0.5) is 0 Å². The molecule has 0 unspecified atom stereocenters. The minimum Gasteiger partial charge on any atom is -0.316 e. The summed E-state index contributed by atoms with van der Waals surface area (Å²) in [4.78, 5) is 2.39. The molecule has 0 heterocycles. The van der Waals surface area contributed by atoms with E-state index in [1.807, 2.05) is 0 Å². The van der Waals surface area contributed by atoms with Crippen LogP contribution in [-0.4, -0.2) is 31.6 Å². The first kappa shape index (κ1) is 16.7. The minimum absolute atomic E-state index is 0.750. The Morgan fingerprint density at radius 3 is 2.47 bits per heavy atom. The van der Waals surface area contributed by atoms with Crippen LogP contribution in [0.5, 0.6) is 0 Å². The van der Waals surface area contributed by atoms with Gasteiger partial charge in [-0.3, -0.25) is 0 Å². The molecule has 0 saturated carbocycles. The predicted molar refractivity (Wildman–Crippen MR) is 87.4 cm³/mol. The fourth-order valence-electron chi connectivity index (χ4n) is 2.00. The Balaban J connectivity index is 2.08. The first-order valence-corrected chi connectivity index (χ1v) is 8.01. The number of rotatable bonds is 9. The van der Waals surface area contributed by atoms with E-state index in [9.17, 15) is 0 Å². The first-order valence-electron chi connectivity index (χ1n) is 7.21. The van der Waals surface area contributed by atoms with Gasteiger partial charge in [-0.15, -0.1) is 0 Å². The van der Waals surface area contributed by atoms with Crippen molar-refractivity contribution < 1.29 is 0 Å². The predicted octanol–water partition coefficient (Wildman–Crippen LogP) is 3.91. The Bertz CT molecular complexity index is 335. The highest BCUT2D eigenvalue weighted by molar-refractivity contribution is 9.10. The highest BCUT2D eigenvalue weighted by atomic mass is 79.9. The largest absolute Gasteiger partial charge is 0.316 e. The van der Waals surface area contributed by atoms with Gasteiger partial charge in [0.05, 0.1) is 0 Å². The molecule has 0 aliphatic rings. The third-order valence-corrected chi connectivity index (χ3v) is 3.59. The second-order valence-electron chi connectivity index (χ2n) is 5.67. The highest BCUT2D eigenvalue weighted by Crippen LogP contribution is 2.11. The maximum absolute atomic E-state index is 3.49. The van der Waals surface area contributed by atoms with Crippen LogP contribution in [0.25, 0.3) is 0 Å². The SMILES string of the molecule is CC(C)CNCCCCN(C)Cc1ccc(Br)cc1. The van der Waals surface area contributed by atoms with Crippen LogP contribution < -0.4 is 5.32 Å². The average molecular weight is 327 g/mol. The molecule has 0 radical (unpaired) electrons. The molecule has 3 heteroatoms. The van der Waals surface area contributed by atoms with Crippen molar-refractivity contribution in [1.29, 1.82) is 0 Å². The molecular formula is C16H27BrN2. The summed E-state index contributed by atoms with van der Waals surface area (Å²) in [6.07, 6.45) is 2.52. The molecule has 0 amide bonds. The van der Waals surface area contributed by atoms with Gasteiger partial charge in [-0.25, -0.2) is 0 Å². The summed E-state index contributed by atoms with van der Waals surface area (Å²) in [6, 6.07) is 8.59. The zero-order valence-electron chi connectivity index (χ0n) is 12.5. The molecule has 1 N–H and O–H groups in total. The zero-order chi connectivity index (χ0) is 14.1. The summed E-state index contributed by atoms with van der Waals surface area (Å²) >= 11 is 3.47. The van der Waals surface area contributed by atoms with Crippen molar-refractivity contribution in [1.82, 2.24) is 10.2 Å². The number of hydrogen-bond donors (Lipinski definition) is 1. The zero-order valence-corrected chi connectivity index (χ0v) is 14.0. The second-order valence-corrected chi connectivity index (χ2v) is 6.59. The van der Waals surface area contributed by atoms with Crippen LogP contribution >= 0.6 is 15.9 Å². The molecule has 0 aliphatic carbocycles. The van der Waals surface area contributed by atoms with E-state index in [-0.39, 0.29) is 0 Å². The molecule has 108 valence electrons. The van der Waals surface area contributed by atoms with Gasteiger partial charge in [-0.2, -0.15) is 0 Å². The molecule has 0 bridgehead atoms. The number of halogens is 1. The summed E-state index contributed by atoms with van der Waals surface area (Å²) in [7, 11) is 2.20. The molecule has 0 aromatic heterocycles. The van der Waals surface area contributed by atoms with Crippen molar-refractivity contribution in [2.75, 3.05) is 26.7 Å². The van der Waals surface area contributed by atoms with Crippen molar-refractivity contribution in [2.45, 2.75) is 33.2 Å². The second kappa shape index (κ2) is 9.51. The third kappa shape index (κ3) is 8.40. The van der Waals surface area contributed by atoms with Gasteiger partial charge in [0.2, 0.25) is 0 Å². The summed E-state index contributed by atoms with van der Waals surface area (Å²) in [5.41, 5.74) is 1.38. The van der Waals surface area contributed by atoms with Crippen LogP contribution in [0, 0.1) is 5.92 Å². The fourth-order valence-corrected chi connectivity index (χ4v) is 2.27. The highest BCUT2D eigenvalue weighted by Gasteiger charge is 2.00. The lowest BCUT2D eigenvalue weighted by atomic mass is 10.2. The lowest BCUT2D eigenvalue weighted by Crippen LogP contribution is -2.23. The maximum atomic E-state index is 3.49. The van der Waals surface area contributed by atoms with Gasteiger partial charge in [0.15, 0.2) is 0 Å². The molecule has 1 aromatic carbocycles. The van der Waals surface area contributed by atoms with E-state index in [0.29, 0.717) is 0 Å². The van der Waals surface area contributed by atoms with Crippen LogP contribution in [-0.2, 0) is 6.54 Å². The fraction of sp³-hybridized carbons (Fsp3) is 0.625. The summed E-state index contributed by atoms with van der Waals surface area (Å²) in [5.74, 6) is 0.750. The van der Waals surface area contributed by atoms with Crippen molar-refractivity contribution in [2.24, 2.45) is 5.92 Å². The van der Waals surface area contributed by atoms with E-state index in [2.05, 4.69) is 71.3 Å². The molecule has 1 rings (SSSR count). The van der Waals surface area contributed by atoms with E-state index >= 15 is 0 Å². The van der Waals surface area contributed by atoms with Crippen molar-refractivity contribution >= 4 is 15.9 Å². The lowest BCUT2D eigenvalue weighted by Gasteiger charge is -2.17. The Labute approximate surface area is 126 Å². The molecule has 0 saturated heterocycles. The minimum atomic E-state index is 0.750. The van der Waals surface area contributed by atoms with E-state index < -0.39 is 0 Å². The number of nitrogens with zero attached hydrogens (tertiary/aromatic N) is 1. The Morgan fingerprint density at radius 1 is 1.16 bits per heavy atom. The number of unbranched alkanes of at least 4 members (excludes halogenated alkanes) is 1. The molecule has 19 heavy (non-hydrogen) atoms. The summed E-state index contributed by atoms with van der Waals surface area (Å²) in [5, 5.41) is 3.49. The van der Waals surface area contributed by atoms with Crippen molar-refractivity contribution in [3.63, 3.8) is 0 Å². The Kier molecular flexibility index (Phi) is 8.35. The van der Waals surface area contributed by atoms with Gasteiger partial charge >= 0.3 is 0 Å². The normalized spacial score (nSPS) is 11.5. The Hall–Kier alpha value is -0.380. The monoisotopic (exact) mass is 326 g/mol. The van der Waals surface area contributed by atoms with Gasteiger partial charge in [-0.1, -0.05) is 41.9 Å². The van der Waals surface area contributed by atoms with Crippen LogP contribution in [0.15, 0.2) is 28.7 Å². The third-order valence-electron chi connectivity index (χ3n) is 3.06.